The summed E-state index contributed by atoms with van der Waals surface area (Å²) in [4.78, 5) is 32.9. The first kappa shape index (κ1) is 17.3. The molecule has 3 aromatic rings. The average Bonchev–Trinajstić information content (AvgIpc) is 3.35. The summed E-state index contributed by atoms with van der Waals surface area (Å²) >= 11 is 3.00. The lowest BCUT2D eigenvalue weighted by molar-refractivity contribution is -0.127. The van der Waals surface area contributed by atoms with Crippen molar-refractivity contribution in [1.29, 1.82) is 0 Å². The lowest BCUT2D eigenvalue weighted by Gasteiger charge is -2.17. The van der Waals surface area contributed by atoms with Crippen molar-refractivity contribution in [2.24, 2.45) is 0 Å². The molecule has 1 fully saturated rings. The van der Waals surface area contributed by atoms with Crippen LogP contribution in [0.2, 0.25) is 0 Å². The Hall–Kier alpha value is -2.12. The predicted molar refractivity (Wildman–Crippen MR) is 106 cm³/mol. The highest BCUT2D eigenvalue weighted by Gasteiger charge is 2.28. The number of para-hydroxylation sites is 1. The first-order chi connectivity index (χ1) is 12.6. The van der Waals surface area contributed by atoms with Crippen molar-refractivity contribution in [2.45, 2.75) is 30.6 Å². The van der Waals surface area contributed by atoms with Crippen LogP contribution in [0.3, 0.4) is 0 Å². The van der Waals surface area contributed by atoms with Crippen molar-refractivity contribution >= 4 is 39.9 Å². The molecule has 0 saturated heterocycles. The standard InChI is InChI=1S/C19H19N3O2S2/c1-21(11-14-5-4-10-25-14)17(23)12-26-19-20-16-7-3-2-6-15(16)18(24)22(19)13-8-9-13/h2-7,10,13H,8-9,11-12H2,1H3. The van der Waals surface area contributed by atoms with E-state index in [0.717, 1.165) is 17.7 Å². The van der Waals surface area contributed by atoms with Gasteiger partial charge in [0.25, 0.3) is 5.56 Å². The minimum atomic E-state index is -0.0000101. The molecule has 0 spiro atoms. The summed E-state index contributed by atoms with van der Waals surface area (Å²) in [7, 11) is 1.81. The number of hydrogen-bond acceptors (Lipinski definition) is 5. The van der Waals surface area contributed by atoms with Crippen molar-refractivity contribution in [1.82, 2.24) is 14.5 Å². The predicted octanol–water partition coefficient (Wildman–Crippen LogP) is 3.54. The lowest BCUT2D eigenvalue weighted by Crippen LogP contribution is -2.28. The summed E-state index contributed by atoms with van der Waals surface area (Å²) in [5, 5.41) is 3.30. The topological polar surface area (TPSA) is 55.2 Å². The second kappa shape index (κ2) is 7.25. The van der Waals surface area contributed by atoms with Crippen molar-refractivity contribution in [2.75, 3.05) is 12.8 Å². The minimum Gasteiger partial charge on any atom is -0.340 e. The molecule has 1 aliphatic carbocycles. The van der Waals surface area contributed by atoms with Gasteiger partial charge in [0.1, 0.15) is 0 Å². The molecule has 0 N–H and O–H groups in total. The molecule has 4 rings (SSSR count). The largest absolute Gasteiger partial charge is 0.340 e. The Bertz CT molecular complexity index is 994. The van der Waals surface area contributed by atoms with Crippen molar-refractivity contribution in [3.8, 4) is 0 Å². The number of benzene rings is 1. The SMILES string of the molecule is CN(Cc1cccs1)C(=O)CSc1nc2ccccc2c(=O)n1C1CC1. The Morgan fingerprint density at radius 3 is 2.85 bits per heavy atom. The monoisotopic (exact) mass is 385 g/mol. The Balaban J connectivity index is 1.54. The zero-order valence-corrected chi connectivity index (χ0v) is 16.1. The minimum absolute atomic E-state index is 0.0000101. The summed E-state index contributed by atoms with van der Waals surface area (Å²) in [5.74, 6) is 0.312. The van der Waals surface area contributed by atoms with Crippen molar-refractivity contribution < 1.29 is 4.79 Å². The van der Waals surface area contributed by atoms with E-state index in [0.29, 0.717) is 22.6 Å². The molecular formula is C19H19N3O2S2. The number of thioether (sulfide) groups is 1. The zero-order valence-electron chi connectivity index (χ0n) is 14.4. The second-order valence-corrected chi connectivity index (χ2v) is 8.41. The van der Waals surface area contributed by atoms with Gasteiger partial charge in [-0.2, -0.15) is 0 Å². The van der Waals surface area contributed by atoms with Crippen LogP contribution in [0.4, 0.5) is 0 Å². The molecular weight excluding hydrogens is 366 g/mol. The summed E-state index contributed by atoms with van der Waals surface area (Å²) in [6, 6.07) is 11.6. The van der Waals surface area contributed by atoms with Gasteiger partial charge in [-0.25, -0.2) is 4.98 Å². The molecule has 0 unspecified atom stereocenters. The molecule has 1 aliphatic rings. The van der Waals surface area contributed by atoms with Crippen LogP contribution >= 0.6 is 23.1 Å². The summed E-state index contributed by atoms with van der Waals surface area (Å²) in [6.07, 6.45) is 2.00. The van der Waals surface area contributed by atoms with Gasteiger partial charge in [0.2, 0.25) is 5.91 Å². The highest BCUT2D eigenvalue weighted by Crippen LogP contribution is 2.36. The lowest BCUT2D eigenvalue weighted by atomic mass is 10.2. The fourth-order valence-electron chi connectivity index (χ4n) is 2.84. The second-order valence-electron chi connectivity index (χ2n) is 6.44. The molecule has 2 heterocycles. The molecule has 0 radical (unpaired) electrons. The van der Waals surface area contributed by atoms with Crippen LogP contribution in [0.5, 0.6) is 0 Å². The van der Waals surface area contributed by atoms with E-state index in [-0.39, 0.29) is 23.3 Å². The van der Waals surface area contributed by atoms with E-state index in [9.17, 15) is 9.59 Å². The van der Waals surface area contributed by atoms with Crippen molar-refractivity contribution in [3.05, 3.63) is 57.0 Å². The first-order valence-corrected chi connectivity index (χ1v) is 10.4. The van der Waals surface area contributed by atoms with Crippen LogP contribution in [0, 0.1) is 0 Å². The first-order valence-electron chi connectivity index (χ1n) is 8.54. The van der Waals surface area contributed by atoms with Crippen LogP contribution in [0.15, 0.2) is 51.7 Å². The highest BCUT2D eigenvalue weighted by molar-refractivity contribution is 7.99. The molecule has 1 saturated carbocycles. The third-order valence-electron chi connectivity index (χ3n) is 4.41. The van der Waals surface area contributed by atoms with Gasteiger partial charge in [-0.1, -0.05) is 30.0 Å². The van der Waals surface area contributed by atoms with Gasteiger partial charge < -0.3 is 4.90 Å². The van der Waals surface area contributed by atoms with Gasteiger partial charge in [0.05, 0.1) is 23.2 Å². The fourth-order valence-corrected chi connectivity index (χ4v) is 4.61. The number of fused-ring (bicyclic) bond motifs is 1. The van der Waals surface area contributed by atoms with E-state index >= 15 is 0 Å². The average molecular weight is 386 g/mol. The zero-order chi connectivity index (χ0) is 18.1. The molecule has 134 valence electrons. The van der Waals surface area contributed by atoms with Gasteiger partial charge in [0.15, 0.2) is 5.16 Å². The van der Waals surface area contributed by atoms with E-state index in [1.807, 2.05) is 48.8 Å². The number of amides is 1. The number of carbonyl (C=O) groups excluding carboxylic acids is 1. The third kappa shape index (κ3) is 3.54. The Morgan fingerprint density at radius 1 is 1.31 bits per heavy atom. The number of thiophene rings is 1. The van der Waals surface area contributed by atoms with Crippen molar-refractivity contribution in [3.63, 3.8) is 0 Å². The van der Waals surface area contributed by atoms with Crippen LogP contribution in [0.1, 0.15) is 23.8 Å². The Kier molecular flexibility index (Phi) is 4.82. The molecule has 0 aliphatic heterocycles. The van der Waals surface area contributed by atoms with Gasteiger partial charge in [-0.15, -0.1) is 11.3 Å². The normalized spacial score (nSPS) is 13.9. The fraction of sp³-hybridized carbons (Fsp3) is 0.316. The van der Waals surface area contributed by atoms with Gasteiger partial charge in [-0.3, -0.25) is 14.2 Å². The van der Waals surface area contributed by atoms with Gasteiger partial charge in [-0.05, 0) is 36.4 Å². The van der Waals surface area contributed by atoms with Crippen LogP contribution in [-0.4, -0.2) is 33.2 Å². The van der Waals surface area contributed by atoms with Crippen LogP contribution < -0.4 is 5.56 Å². The molecule has 0 bridgehead atoms. The summed E-state index contributed by atoms with van der Waals surface area (Å²) < 4.78 is 1.78. The molecule has 1 amide bonds. The number of aromatic nitrogens is 2. The molecule has 2 aromatic heterocycles. The number of rotatable bonds is 6. The smallest absolute Gasteiger partial charge is 0.262 e. The van der Waals surface area contributed by atoms with Crippen LogP contribution in [-0.2, 0) is 11.3 Å². The third-order valence-corrected chi connectivity index (χ3v) is 6.21. The van der Waals surface area contributed by atoms with Gasteiger partial charge in [0, 0.05) is 18.0 Å². The highest BCUT2D eigenvalue weighted by atomic mass is 32.2. The molecule has 7 heteroatoms. The number of carbonyl (C=O) groups is 1. The molecule has 5 nitrogen and oxygen atoms in total. The van der Waals surface area contributed by atoms with E-state index in [4.69, 9.17) is 0 Å². The quantitative estimate of drug-likeness (QED) is 0.481. The Morgan fingerprint density at radius 2 is 2.12 bits per heavy atom. The molecule has 26 heavy (non-hydrogen) atoms. The molecule has 1 aromatic carbocycles. The van der Waals surface area contributed by atoms with E-state index in [1.54, 1.807) is 20.8 Å². The number of hydrogen-bond donors (Lipinski definition) is 0. The maximum Gasteiger partial charge on any atom is 0.262 e. The van der Waals surface area contributed by atoms with E-state index in [2.05, 4.69) is 4.98 Å². The molecule has 0 atom stereocenters. The van der Waals surface area contributed by atoms with Gasteiger partial charge >= 0.3 is 0 Å². The Labute approximate surface area is 159 Å². The van der Waals surface area contributed by atoms with E-state index < -0.39 is 0 Å². The maximum absolute atomic E-state index is 12.8. The van der Waals surface area contributed by atoms with Crippen LogP contribution in [0.25, 0.3) is 10.9 Å². The summed E-state index contributed by atoms with van der Waals surface area (Å²) in [5.41, 5.74) is 0.691. The number of nitrogens with zero attached hydrogens (tertiary/aromatic N) is 3. The van der Waals surface area contributed by atoms with E-state index in [1.165, 1.54) is 11.8 Å². The summed E-state index contributed by atoms with van der Waals surface area (Å²) in [6.45, 7) is 0.609. The maximum atomic E-state index is 12.8.